The van der Waals surface area contributed by atoms with Crippen LogP contribution in [0.4, 0.5) is 19.0 Å². The Labute approximate surface area is 103 Å². The van der Waals surface area contributed by atoms with Crippen molar-refractivity contribution >= 4 is 17.6 Å². The minimum absolute atomic E-state index is 0.0610. The highest BCUT2D eigenvalue weighted by atomic mass is 32.2. The van der Waals surface area contributed by atoms with E-state index in [2.05, 4.69) is 20.1 Å². The van der Waals surface area contributed by atoms with Crippen molar-refractivity contribution in [1.82, 2.24) is 24.7 Å². The number of nitrogens with two attached hydrogens (primary N) is 1. The van der Waals surface area contributed by atoms with Crippen LogP contribution in [-0.4, -0.2) is 24.7 Å². The minimum atomic E-state index is -4.63. The van der Waals surface area contributed by atoms with Gasteiger partial charge >= 0.3 is 6.18 Å². The number of anilines is 1. The Balaban J connectivity index is 2.35. The fraction of sp³-hybridized carbons (Fsp3) is 0.250. The van der Waals surface area contributed by atoms with Crippen LogP contribution in [0.25, 0.3) is 0 Å². The molecule has 0 saturated carbocycles. The molecule has 0 aliphatic rings. The Morgan fingerprint density at radius 3 is 2.61 bits per heavy atom. The maximum Gasteiger partial charge on any atom is 0.451 e. The second-order valence-electron chi connectivity index (χ2n) is 3.22. The van der Waals surface area contributed by atoms with E-state index in [0.29, 0.717) is 5.16 Å². The van der Waals surface area contributed by atoms with Crippen LogP contribution in [-0.2, 0) is 13.2 Å². The molecule has 0 aromatic carbocycles. The first-order valence-electron chi connectivity index (χ1n) is 4.60. The zero-order valence-corrected chi connectivity index (χ0v) is 9.83. The number of rotatable bonds is 2. The lowest BCUT2D eigenvalue weighted by molar-refractivity contribution is -0.145. The molecule has 2 aromatic rings. The van der Waals surface area contributed by atoms with E-state index < -0.39 is 12.0 Å². The highest BCUT2D eigenvalue weighted by Crippen LogP contribution is 2.30. The van der Waals surface area contributed by atoms with Gasteiger partial charge in [-0.1, -0.05) is 0 Å². The predicted molar refractivity (Wildman–Crippen MR) is 56.6 cm³/mol. The summed E-state index contributed by atoms with van der Waals surface area (Å²) in [6.45, 7) is 0. The number of halogens is 3. The van der Waals surface area contributed by atoms with E-state index in [-0.39, 0.29) is 10.8 Å². The summed E-state index contributed by atoms with van der Waals surface area (Å²) in [4.78, 5) is 10.4. The third-order valence-corrected chi connectivity index (χ3v) is 2.81. The molecule has 96 valence electrons. The van der Waals surface area contributed by atoms with Crippen LogP contribution in [0.5, 0.6) is 0 Å². The van der Waals surface area contributed by atoms with E-state index >= 15 is 0 Å². The second kappa shape index (κ2) is 4.44. The average Bonchev–Trinajstić information content (AvgIpc) is 2.62. The highest BCUT2D eigenvalue weighted by molar-refractivity contribution is 7.99. The van der Waals surface area contributed by atoms with E-state index in [4.69, 9.17) is 5.73 Å². The Hall–Kier alpha value is -1.84. The Kier molecular flexibility index (Phi) is 3.11. The van der Waals surface area contributed by atoms with Gasteiger partial charge in [-0.05, 0) is 11.8 Å². The van der Waals surface area contributed by atoms with Gasteiger partial charge in [-0.3, -0.25) is 0 Å². The number of nitrogens with zero attached hydrogens (tertiary/aromatic N) is 5. The molecule has 0 aliphatic heterocycles. The van der Waals surface area contributed by atoms with E-state index in [0.717, 1.165) is 11.8 Å². The molecule has 18 heavy (non-hydrogen) atoms. The minimum Gasteiger partial charge on any atom is -0.384 e. The summed E-state index contributed by atoms with van der Waals surface area (Å²) in [6, 6.07) is 1.24. The van der Waals surface area contributed by atoms with Crippen molar-refractivity contribution in [2.45, 2.75) is 16.4 Å². The quantitative estimate of drug-likeness (QED) is 0.834. The maximum atomic E-state index is 12.5. The average molecular weight is 276 g/mol. The summed E-state index contributed by atoms with van der Waals surface area (Å²) in [5.74, 6) is -1.52. The van der Waals surface area contributed by atoms with Crippen molar-refractivity contribution < 1.29 is 13.2 Å². The first-order chi connectivity index (χ1) is 8.36. The number of alkyl halides is 3. The van der Waals surface area contributed by atoms with Gasteiger partial charge in [0.1, 0.15) is 17.2 Å². The molecule has 6 nitrogen and oxygen atoms in total. The standard InChI is InChI=1S/C8H7F3N6S/c1-17-7(13-3-14-17)18-5-2-4(12)15-6(16-5)8(9,10)11/h2-3H,1H3,(H2,12,15,16). The normalized spacial score (nSPS) is 11.8. The highest BCUT2D eigenvalue weighted by Gasteiger charge is 2.35. The second-order valence-corrected chi connectivity index (χ2v) is 4.21. The molecule has 0 bridgehead atoms. The molecular weight excluding hydrogens is 269 g/mol. The van der Waals surface area contributed by atoms with Crippen LogP contribution in [0.3, 0.4) is 0 Å². The zero-order valence-electron chi connectivity index (χ0n) is 9.01. The van der Waals surface area contributed by atoms with Crippen LogP contribution in [0, 0.1) is 0 Å². The lowest BCUT2D eigenvalue weighted by Gasteiger charge is -2.07. The molecule has 2 N–H and O–H groups in total. The van der Waals surface area contributed by atoms with Gasteiger partial charge in [0, 0.05) is 13.1 Å². The summed E-state index contributed by atoms with van der Waals surface area (Å²) in [5, 5.41) is 4.26. The van der Waals surface area contributed by atoms with Crippen LogP contribution < -0.4 is 5.73 Å². The number of hydrogen-bond donors (Lipinski definition) is 1. The third kappa shape index (κ3) is 2.70. The summed E-state index contributed by atoms with van der Waals surface area (Å²) in [6.07, 6.45) is -3.35. The van der Waals surface area contributed by atoms with Gasteiger partial charge < -0.3 is 5.73 Å². The van der Waals surface area contributed by atoms with Crippen LogP contribution in [0.1, 0.15) is 5.82 Å². The van der Waals surface area contributed by atoms with Crippen molar-refractivity contribution in [3.8, 4) is 0 Å². The van der Waals surface area contributed by atoms with E-state index in [1.54, 1.807) is 7.05 Å². The van der Waals surface area contributed by atoms with Crippen molar-refractivity contribution in [3.05, 3.63) is 18.2 Å². The van der Waals surface area contributed by atoms with Crippen LogP contribution in [0.15, 0.2) is 22.6 Å². The molecule has 0 spiro atoms. The number of aryl methyl sites for hydroxylation is 1. The number of hydrogen-bond acceptors (Lipinski definition) is 6. The molecule has 0 unspecified atom stereocenters. The van der Waals surface area contributed by atoms with Crippen molar-refractivity contribution in [1.29, 1.82) is 0 Å². The summed E-state index contributed by atoms with van der Waals surface area (Å²) in [7, 11) is 1.62. The molecule has 2 rings (SSSR count). The molecule has 2 heterocycles. The molecule has 0 radical (unpaired) electrons. The Morgan fingerprint density at radius 2 is 2.06 bits per heavy atom. The summed E-state index contributed by atoms with van der Waals surface area (Å²) < 4.78 is 38.9. The Morgan fingerprint density at radius 1 is 1.33 bits per heavy atom. The number of nitrogen functional groups attached to an aromatic ring is 1. The molecule has 0 atom stereocenters. The van der Waals surface area contributed by atoms with Crippen molar-refractivity contribution in [2.24, 2.45) is 7.05 Å². The first-order valence-corrected chi connectivity index (χ1v) is 5.41. The Bertz CT molecular complexity index is 566. The predicted octanol–water partition coefficient (Wildman–Crippen LogP) is 1.36. The summed E-state index contributed by atoms with van der Waals surface area (Å²) >= 11 is 0.924. The largest absolute Gasteiger partial charge is 0.451 e. The lowest BCUT2D eigenvalue weighted by Crippen LogP contribution is -2.13. The van der Waals surface area contributed by atoms with Crippen LogP contribution in [0.2, 0.25) is 0 Å². The topological polar surface area (TPSA) is 82.5 Å². The summed E-state index contributed by atoms with van der Waals surface area (Å²) in [5.41, 5.74) is 5.32. The SMILES string of the molecule is Cn1ncnc1Sc1cc(N)nc(C(F)(F)F)n1. The fourth-order valence-corrected chi connectivity index (χ4v) is 1.87. The van der Waals surface area contributed by atoms with Gasteiger partial charge in [-0.2, -0.15) is 18.3 Å². The zero-order chi connectivity index (χ0) is 13.3. The van der Waals surface area contributed by atoms with E-state index in [9.17, 15) is 13.2 Å². The van der Waals surface area contributed by atoms with Gasteiger partial charge in [-0.25, -0.2) is 19.6 Å². The molecule has 10 heteroatoms. The van der Waals surface area contributed by atoms with Crippen molar-refractivity contribution in [2.75, 3.05) is 5.73 Å². The van der Waals surface area contributed by atoms with Gasteiger partial charge in [0.15, 0.2) is 5.16 Å². The first kappa shape index (κ1) is 12.6. The number of aromatic nitrogens is 5. The van der Waals surface area contributed by atoms with Crippen LogP contribution >= 0.6 is 11.8 Å². The van der Waals surface area contributed by atoms with E-state index in [1.807, 2.05) is 0 Å². The third-order valence-electron chi connectivity index (χ3n) is 1.84. The molecule has 0 fully saturated rings. The molecule has 0 aliphatic carbocycles. The lowest BCUT2D eigenvalue weighted by atomic mass is 10.5. The molecule has 2 aromatic heterocycles. The maximum absolute atomic E-state index is 12.5. The van der Waals surface area contributed by atoms with E-state index in [1.165, 1.54) is 17.1 Å². The van der Waals surface area contributed by atoms with Crippen molar-refractivity contribution in [3.63, 3.8) is 0 Å². The molecule has 0 saturated heterocycles. The molecule has 0 amide bonds. The van der Waals surface area contributed by atoms with Gasteiger partial charge in [0.05, 0.1) is 0 Å². The van der Waals surface area contributed by atoms with Gasteiger partial charge in [0.25, 0.3) is 0 Å². The van der Waals surface area contributed by atoms with Gasteiger partial charge in [-0.15, -0.1) is 0 Å². The smallest absolute Gasteiger partial charge is 0.384 e. The van der Waals surface area contributed by atoms with Gasteiger partial charge in [0.2, 0.25) is 5.82 Å². The monoisotopic (exact) mass is 276 g/mol. The fourth-order valence-electron chi connectivity index (χ4n) is 1.09. The molecular formula is C8H7F3N6S.